The summed E-state index contributed by atoms with van der Waals surface area (Å²) in [6.45, 7) is 3.18. The van der Waals surface area contributed by atoms with Crippen molar-refractivity contribution in [1.82, 2.24) is 5.32 Å². The van der Waals surface area contributed by atoms with E-state index in [1.165, 1.54) is 5.56 Å². The molecular formula is C12H15ClN2O. The number of nitrogens with zero attached hydrogens (tertiary/aromatic N) is 1. The molecule has 1 N–H and O–H groups in total. The van der Waals surface area contributed by atoms with Crippen LogP contribution in [0.15, 0.2) is 12.1 Å². The molecule has 0 aliphatic carbocycles. The molecule has 3 nitrogen and oxygen atoms in total. The van der Waals surface area contributed by atoms with Crippen LogP contribution in [0.1, 0.15) is 11.1 Å². The van der Waals surface area contributed by atoms with Gasteiger partial charge in [-0.15, -0.1) is 0 Å². The highest BCUT2D eigenvalue weighted by atomic mass is 35.5. The lowest BCUT2D eigenvalue weighted by atomic mass is 10.1. The summed E-state index contributed by atoms with van der Waals surface area (Å²) in [5.74, 6) is 0.702. The smallest absolute Gasteiger partial charge is 0.137 e. The Balaban J connectivity index is 2.67. The van der Waals surface area contributed by atoms with Crippen molar-refractivity contribution in [3.63, 3.8) is 0 Å². The van der Waals surface area contributed by atoms with Crippen LogP contribution in [0.25, 0.3) is 0 Å². The molecule has 0 heterocycles. The van der Waals surface area contributed by atoms with E-state index in [9.17, 15) is 0 Å². The lowest BCUT2D eigenvalue weighted by molar-refractivity contribution is 0.414. The van der Waals surface area contributed by atoms with Gasteiger partial charge in [-0.25, -0.2) is 0 Å². The number of aryl methyl sites for hydroxylation is 1. The second-order valence-electron chi connectivity index (χ2n) is 3.50. The van der Waals surface area contributed by atoms with Gasteiger partial charge in [0.15, 0.2) is 0 Å². The third-order valence-electron chi connectivity index (χ3n) is 2.39. The first-order valence-corrected chi connectivity index (χ1v) is 5.47. The molecule has 0 atom stereocenters. The van der Waals surface area contributed by atoms with Gasteiger partial charge in [0.05, 0.1) is 24.7 Å². The van der Waals surface area contributed by atoms with Gasteiger partial charge in [0.25, 0.3) is 0 Å². The number of methoxy groups -OCH3 is 1. The molecule has 16 heavy (non-hydrogen) atoms. The highest BCUT2D eigenvalue weighted by Gasteiger charge is 2.05. The third kappa shape index (κ3) is 3.41. The van der Waals surface area contributed by atoms with Crippen molar-refractivity contribution >= 4 is 11.6 Å². The van der Waals surface area contributed by atoms with Gasteiger partial charge in [-0.05, 0) is 36.6 Å². The van der Waals surface area contributed by atoms with E-state index >= 15 is 0 Å². The predicted molar refractivity (Wildman–Crippen MR) is 64.9 cm³/mol. The number of hydrogen-bond donors (Lipinski definition) is 1. The van der Waals surface area contributed by atoms with E-state index in [-0.39, 0.29) is 0 Å². The maximum atomic E-state index is 8.38. The number of hydrogen-bond acceptors (Lipinski definition) is 3. The first-order valence-electron chi connectivity index (χ1n) is 5.09. The Morgan fingerprint density at radius 2 is 2.25 bits per heavy atom. The van der Waals surface area contributed by atoms with E-state index in [1.54, 1.807) is 7.11 Å². The van der Waals surface area contributed by atoms with Crippen LogP contribution in [0.3, 0.4) is 0 Å². The molecule has 0 saturated heterocycles. The number of nitriles is 1. The zero-order valence-corrected chi connectivity index (χ0v) is 10.3. The predicted octanol–water partition coefficient (Wildman–Crippen LogP) is 2.31. The molecule has 0 bridgehead atoms. The van der Waals surface area contributed by atoms with Gasteiger partial charge < -0.3 is 10.1 Å². The number of benzene rings is 1. The van der Waals surface area contributed by atoms with Crippen molar-refractivity contribution < 1.29 is 4.74 Å². The Hall–Kier alpha value is -1.24. The molecular weight excluding hydrogens is 224 g/mol. The van der Waals surface area contributed by atoms with Crippen LogP contribution >= 0.6 is 11.6 Å². The summed E-state index contributed by atoms with van der Waals surface area (Å²) in [7, 11) is 1.61. The molecule has 0 saturated carbocycles. The standard InChI is InChI=1S/C12H15ClN2O/c1-9-7-12(16-2)11(13)8-10(9)3-5-15-6-4-14/h7-8,15H,3,5-6H2,1-2H3. The van der Waals surface area contributed by atoms with Crippen molar-refractivity contribution in [2.45, 2.75) is 13.3 Å². The average Bonchev–Trinajstić information content (AvgIpc) is 2.28. The van der Waals surface area contributed by atoms with Gasteiger partial charge in [0, 0.05) is 6.54 Å². The van der Waals surface area contributed by atoms with Crippen LogP contribution in [-0.4, -0.2) is 20.2 Å². The van der Waals surface area contributed by atoms with Crippen molar-refractivity contribution in [3.05, 3.63) is 28.3 Å². The molecule has 0 spiro atoms. The van der Waals surface area contributed by atoms with Crippen LogP contribution in [0, 0.1) is 18.3 Å². The minimum atomic E-state index is 0.378. The molecule has 0 fully saturated rings. The Morgan fingerprint density at radius 3 is 2.88 bits per heavy atom. The maximum Gasteiger partial charge on any atom is 0.137 e. The lowest BCUT2D eigenvalue weighted by Gasteiger charge is -2.10. The molecule has 0 aliphatic rings. The van der Waals surface area contributed by atoms with Gasteiger partial charge in [0.2, 0.25) is 0 Å². The molecule has 0 amide bonds. The highest BCUT2D eigenvalue weighted by molar-refractivity contribution is 6.32. The zero-order chi connectivity index (χ0) is 12.0. The zero-order valence-electron chi connectivity index (χ0n) is 9.51. The first-order chi connectivity index (χ1) is 7.69. The van der Waals surface area contributed by atoms with Crippen molar-refractivity contribution in [2.75, 3.05) is 20.2 Å². The fraction of sp³-hybridized carbons (Fsp3) is 0.417. The first kappa shape index (κ1) is 12.8. The fourth-order valence-electron chi connectivity index (χ4n) is 1.49. The highest BCUT2D eigenvalue weighted by Crippen LogP contribution is 2.27. The van der Waals surface area contributed by atoms with Crippen LogP contribution in [0.4, 0.5) is 0 Å². The number of rotatable bonds is 5. The van der Waals surface area contributed by atoms with Gasteiger partial charge in [-0.1, -0.05) is 11.6 Å². The van der Waals surface area contributed by atoms with Crippen molar-refractivity contribution in [3.8, 4) is 11.8 Å². The topological polar surface area (TPSA) is 45.0 Å². The van der Waals surface area contributed by atoms with Crippen molar-refractivity contribution in [1.29, 1.82) is 5.26 Å². The van der Waals surface area contributed by atoms with Crippen LogP contribution in [0.5, 0.6) is 5.75 Å². The number of halogens is 1. The molecule has 1 aromatic rings. The normalized spacial score (nSPS) is 9.88. The second-order valence-corrected chi connectivity index (χ2v) is 3.91. The summed E-state index contributed by atoms with van der Waals surface area (Å²) in [5.41, 5.74) is 2.33. The second kappa shape index (κ2) is 6.37. The molecule has 0 aliphatic heterocycles. The molecule has 0 unspecified atom stereocenters. The molecule has 86 valence electrons. The van der Waals surface area contributed by atoms with Crippen LogP contribution in [-0.2, 0) is 6.42 Å². The molecule has 1 rings (SSSR count). The minimum Gasteiger partial charge on any atom is -0.495 e. The maximum absolute atomic E-state index is 8.38. The lowest BCUT2D eigenvalue weighted by Crippen LogP contribution is -2.17. The Labute approximate surface area is 101 Å². The summed E-state index contributed by atoms with van der Waals surface area (Å²) in [6.07, 6.45) is 0.858. The molecule has 0 radical (unpaired) electrons. The fourth-order valence-corrected chi connectivity index (χ4v) is 1.75. The van der Waals surface area contributed by atoms with E-state index < -0.39 is 0 Å². The summed E-state index contributed by atoms with van der Waals surface area (Å²) >= 11 is 6.04. The molecule has 1 aromatic carbocycles. The number of ether oxygens (including phenoxy) is 1. The van der Waals surface area contributed by atoms with Gasteiger partial charge in [0.1, 0.15) is 5.75 Å². The van der Waals surface area contributed by atoms with E-state index in [1.807, 2.05) is 25.1 Å². The van der Waals surface area contributed by atoms with Crippen molar-refractivity contribution in [2.24, 2.45) is 0 Å². The van der Waals surface area contributed by atoms with Crippen LogP contribution < -0.4 is 10.1 Å². The SMILES string of the molecule is COc1cc(C)c(CCNCC#N)cc1Cl. The Bertz CT molecular complexity index is 399. The molecule has 0 aromatic heterocycles. The average molecular weight is 239 g/mol. The summed E-state index contributed by atoms with van der Waals surface area (Å²) in [4.78, 5) is 0. The quantitative estimate of drug-likeness (QED) is 0.633. The van der Waals surface area contributed by atoms with E-state index in [0.29, 0.717) is 17.3 Å². The minimum absolute atomic E-state index is 0.378. The Morgan fingerprint density at radius 1 is 1.50 bits per heavy atom. The largest absolute Gasteiger partial charge is 0.495 e. The Kier molecular flexibility index (Phi) is 5.10. The van der Waals surface area contributed by atoms with Gasteiger partial charge in [-0.2, -0.15) is 5.26 Å². The van der Waals surface area contributed by atoms with Gasteiger partial charge in [-0.3, -0.25) is 0 Å². The van der Waals surface area contributed by atoms with Gasteiger partial charge >= 0.3 is 0 Å². The summed E-state index contributed by atoms with van der Waals surface area (Å²) in [6, 6.07) is 5.89. The van der Waals surface area contributed by atoms with Crippen LogP contribution in [0.2, 0.25) is 5.02 Å². The number of nitrogens with one attached hydrogen (secondary N) is 1. The van der Waals surface area contributed by atoms with E-state index in [0.717, 1.165) is 18.5 Å². The monoisotopic (exact) mass is 238 g/mol. The van der Waals surface area contributed by atoms with E-state index in [2.05, 4.69) is 5.32 Å². The summed E-state index contributed by atoms with van der Waals surface area (Å²) < 4.78 is 5.13. The third-order valence-corrected chi connectivity index (χ3v) is 2.68. The summed E-state index contributed by atoms with van der Waals surface area (Å²) in [5, 5.41) is 12.0. The molecule has 4 heteroatoms. The van der Waals surface area contributed by atoms with E-state index in [4.69, 9.17) is 21.6 Å².